The second kappa shape index (κ2) is 8.14. The molecule has 0 saturated carbocycles. The van der Waals surface area contributed by atoms with E-state index in [1.807, 2.05) is 0 Å². The molecule has 2 atom stereocenters. The second-order valence-electron chi connectivity index (χ2n) is 9.41. The van der Waals surface area contributed by atoms with Gasteiger partial charge in [0.2, 0.25) is 0 Å². The van der Waals surface area contributed by atoms with Crippen molar-refractivity contribution >= 4 is 34.0 Å². The summed E-state index contributed by atoms with van der Waals surface area (Å²) in [5, 5.41) is 1.47. The number of hydrogen-bond acceptors (Lipinski definition) is 2. The predicted molar refractivity (Wildman–Crippen MR) is 128 cm³/mol. The lowest BCUT2D eigenvalue weighted by Gasteiger charge is -2.39. The van der Waals surface area contributed by atoms with E-state index in [0.717, 1.165) is 12.5 Å². The number of hydrogen-bond donors (Lipinski definition) is 0. The van der Waals surface area contributed by atoms with E-state index in [-0.39, 0.29) is 0 Å². The molecular weight excluding hydrogens is 374 g/mol. The van der Waals surface area contributed by atoms with Crippen LogP contribution in [0.1, 0.15) is 36.8 Å². The first-order valence-corrected chi connectivity index (χ1v) is 15.1. The summed E-state index contributed by atoms with van der Waals surface area (Å²) >= 11 is 2.09. The number of likely N-dealkylation sites (tertiary alicyclic amines) is 1. The highest BCUT2D eigenvalue weighted by Gasteiger charge is 2.31. The highest BCUT2D eigenvalue weighted by molar-refractivity contribution is 7.31. The minimum atomic E-state index is -1.26. The Kier molecular flexibility index (Phi) is 5.77. The Balaban J connectivity index is 1.58. The first-order valence-electron chi connectivity index (χ1n) is 10.7. The van der Waals surface area contributed by atoms with Gasteiger partial charge in [0, 0.05) is 17.8 Å². The maximum absolute atomic E-state index is 2.67. The topological polar surface area (TPSA) is 3.24 Å². The number of piperidine rings is 1. The van der Waals surface area contributed by atoms with E-state index in [1.165, 1.54) is 36.9 Å². The fourth-order valence-corrected chi connectivity index (χ4v) is 7.77. The molecule has 0 bridgehead atoms. The number of rotatable bonds is 5. The number of benzene rings is 2. The largest absolute Gasteiger partial charge is 0.299 e. The van der Waals surface area contributed by atoms with Crippen LogP contribution in [0, 0.1) is 5.92 Å². The molecule has 1 nitrogen and oxygen atoms in total. The average molecular weight is 408 g/mol. The lowest BCUT2D eigenvalue weighted by atomic mass is 9.78. The van der Waals surface area contributed by atoms with Gasteiger partial charge in [-0.3, -0.25) is 4.90 Å². The van der Waals surface area contributed by atoms with Crippen LogP contribution < -0.4 is 4.50 Å². The Hall–Kier alpha value is -1.42. The fraction of sp³-hybridized carbons (Fsp3) is 0.440. The van der Waals surface area contributed by atoms with Gasteiger partial charge in [0.05, 0.1) is 8.07 Å². The van der Waals surface area contributed by atoms with Crippen molar-refractivity contribution in [2.24, 2.45) is 5.92 Å². The second-order valence-corrected chi connectivity index (χ2v) is 15.9. The molecule has 4 rings (SSSR count). The molecule has 1 fully saturated rings. The van der Waals surface area contributed by atoms with Gasteiger partial charge in [-0.1, -0.05) is 81.5 Å². The summed E-state index contributed by atoms with van der Waals surface area (Å²) < 4.78 is 3.21. The molecule has 0 aliphatic carbocycles. The molecule has 1 aliphatic rings. The summed E-state index contributed by atoms with van der Waals surface area (Å²) in [5.74, 6) is 1.45. The number of nitrogens with zero attached hydrogens (tertiary/aromatic N) is 1. The fourth-order valence-electron chi connectivity index (χ4n) is 4.66. The Morgan fingerprint density at radius 1 is 1.04 bits per heavy atom. The van der Waals surface area contributed by atoms with Gasteiger partial charge < -0.3 is 0 Å². The molecule has 148 valence electrons. The van der Waals surface area contributed by atoms with Crippen LogP contribution in [0.2, 0.25) is 19.6 Å². The van der Waals surface area contributed by atoms with Crippen LogP contribution in [0.3, 0.4) is 0 Å². The van der Waals surface area contributed by atoms with Gasteiger partial charge in [0.1, 0.15) is 0 Å². The quantitative estimate of drug-likeness (QED) is 0.439. The van der Waals surface area contributed by atoms with E-state index in [4.69, 9.17) is 0 Å². The average Bonchev–Trinajstić information content (AvgIpc) is 3.14. The zero-order chi connectivity index (χ0) is 19.7. The first kappa shape index (κ1) is 19.9. The Morgan fingerprint density at radius 3 is 2.54 bits per heavy atom. The standard InChI is InChI=1S/C25H33NSSi/c1-5-20-18-26(17-19-10-7-6-8-11-19)15-14-22(20)23-13-9-12-21-16-24(27-25(21)23)28(2,3)4/h6-13,16,20,22H,5,14-15,17-18H2,1-4H3/t20-,22+/m1/s1. The van der Waals surface area contributed by atoms with Crippen molar-refractivity contribution in [1.82, 2.24) is 4.90 Å². The van der Waals surface area contributed by atoms with Gasteiger partial charge in [-0.2, -0.15) is 0 Å². The van der Waals surface area contributed by atoms with Gasteiger partial charge in [-0.15, -0.1) is 11.3 Å². The molecule has 0 radical (unpaired) electrons. The molecular formula is C25H33NSSi. The van der Waals surface area contributed by atoms with Crippen molar-refractivity contribution in [3.05, 3.63) is 65.7 Å². The van der Waals surface area contributed by atoms with E-state index >= 15 is 0 Å². The zero-order valence-corrected chi connectivity index (χ0v) is 19.6. The van der Waals surface area contributed by atoms with Crippen LogP contribution in [-0.2, 0) is 6.54 Å². The van der Waals surface area contributed by atoms with Crippen molar-refractivity contribution in [3.63, 3.8) is 0 Å². The zero-order valence-electron chi connectivity index (χ0n) is 17.7. The van der Waals surface area contributed by atoms with E-state index < -0.39 is 8.07 Å². The molecule has 1 aliphatic heterocycles. The van der Waals surface area contributed by atoms with Crippen LogP contribution in [0.4, 0.5) is 0 Å². The SMILES string of the molecule is CC[C@@H]1CN(Cc2ccccc2)CC[C@@H]1c1cccc2cc([Si](C)(C)C)sc12. The third kappa shape index (κ3) is 4.12. The van der Waals surface area contributed by atoms with E-state index in [2.05, 4.69) is 97.4 Å². The molecule has 3 heteroatoms. The summed E-state index contributed by atoms with van der Waals surface area (Å²) in [4.78, 5) is 2.67. The highest BCUT2D eigenvalue weighted by atomic mass is 32.1. The smallest absolute Gasteiger partial charge is 0.0904 e. The third-order valence-electron chi connectivity index (χ3n) is 6.30. The minimum Gasteiger partial charge on any atom is -0.299 e. The summed E-state index contributed by atoms with van der Waals surface area (Å²) in [6, 6.07) is 20.5. The van der Waals surface area contributed by atoms with Crippen LogP contribution in [-0.4, -0.2) is 26.1 Å². The molecule has 0 unspecified atom stereocenters. The Morgan fingerprint density at radius 2 is 1.82 bits per heavy atom. The maximum Gasteiger partial charge on any atom is 0.0904 e. The van der Waals surface area contributed by atoms with Gasteiger partial charge in [0.25, 0.3) is 0 Å². The normalized spacial score (nSPS) is 21.3. The Labute approximate surface area is 175 Å². The lowest BCUT2D eigenvalue weighted by Crippen LogP contribution is -2.38. The van der Waals surface area contributed by atoms with E-state index in [0.29, 0.717) is 5.92 Å². The van der Waals surface area contributed by atoms with Crippen molar-refractivity contribution in [2.75, 3.05) is 13.1 Å². The summed E-state index contributed by atoms with van der Waals surface area (Å²) in [7, 11) is -1.26. The van der Waals surface area contributed by atoms with Gasteiger partial charge in [0.15, 0.2) is 0 Å². The lowest BCUT2D eigenvalue weighted by molar-refractivity contribution is 0.144. The number of thiophene rings is 1. The monoisotopic (exact) mass is 407 g/mol. The molecule has 28 heavy (non-hydrogen) atoms. The van der Waals surface area contributed by atoms with Crippen LogP contribution in [0.15, 0.2) is 54.6 Å². The molecule has 1 aromatic heterocycles. The van der Waals surface area contributed by atoms with Gasteiger partial charge in [-0.05, 0) is 51.9 Å². The molecule has 2 heterocycles. The number of fused-ring (bicyclic) bond motifs is 1. The van der Waals surface area contributed by atoms with Crippen molar-refractivity contribution in [3.8, 4) is 0 Å². The van der Waals surface area contributed by atoms with Crippen molar-refractivity contribution < 1.29 is 0 Å². The molecule has 0 spiro atoms. The molecule has 2 aromatic carbocycles. The predicted octanol–water partition coefficient (Wildman–Crippen LogP) is 6.46. The summed E-state index contributed by atoms with van der Waals surface area (Å²) in [5.41, 5.74) is 3.06. The highest BCUT2D eigenvalue weighted by Crippen LogP contribution is 2.40. The molecule has 1 saturated heterocycles. The Bertz CT molecular complexity index is 925. The summed E-state index contributed by atoms with van der Waals surface area (Å²) in [6.45, 7) is 13.3. The third-order valence-corrected chi connectivity index (χ3v) is 11.1. The van der Waals surface area contributed by atoms with E-state index in [1.54, 1.807) is 14.8 Å². The maximum atomic E-state index is 2.67. The van der Waals surface area contributed by atoms with E-state index in [9.17, 15) is 0 Å². The molecule has 0 N–H and O–H groups in total. The van der Waals surface area contributed by atoms with Crippen molar-refractivity contribution in [2.45, 2.75) is 51.9 Å². The summed E-state index contributed by atoms with van der Waals surface area (Å²) in [6.07, 6.45) is 2.54. The molecule has 0 amide bonds. The van der Waals surface area contributed by atoms with Crippen LogP contribution in [0.25, 0.3) is 10.1 Å². The van der Waals surface area contributed by atoms with Crippen molar-refractivity contribution in [1.29, 1.82) is 0 Å². The minimum absolute atomic E-state index is 0.703. The van der Waals surface area contributed by atoms with Gasteiger partial charge >= 0.3 is 0 Å². The first-order chi connectivity index (χ1) is 13.5. The van der Waals surface area contributed by atoms with Gasteiger partial charge in [-0.25, -0.2) is 0 Å². The van der Waals surface area contributed by atoms with Crippen LogP contribution in [0.5, 0.6) is 0 Å². The van der Waals surface area contributed by atoms with Crippen LogP contribution >= 0.6 is 11.3 Å². The molecule has 3 aromatic rings.